The van der Waals surface area contributed by atoms with E-state index in [4.69, 9.17) is 4.74 Å². The van der Waals surface area contributed by atoms with Crippen molar-refractivity contribution in [2.75, 3.05) is 12.4 Å². The van der Waals surface area contributed by atoms with Gasteiger partial charge in [0.1, 0.15) is 0 Å². The molecule has 0 aliphatic heterocycles. The van der Waals surface area contributed by atoms with Gasteiger partial charge in [-0.1, -0.05) is 40.2 Å². The summed E-state index contributed by atoms with van der Waals surface area (Å²) in [5.41, 5.74) is 3.56. The van der Waals surface area contributed by atoms with Gasteiger partial charge in [0.2, 0.25) is 0 Å². The van der Waals surface area contributed by atoms with E-state index < -0.39 is 0 Å². The third-order valence-corrected chi connectivity index (χ3v) is 3.18. The Balaban J connectivity index is 1.97. The van der Waals surface area contributed by atoms with Crippen LogP contribution in [0.5, 0.6) is 0 Å². The van der Waals surface area contributed by atoms with Gasteiger partial charge < -0.3 is 10.1 Å². The predicted molar refractivity (Wildman–Crippen MR) is 78.6 cm³/mol. The van der Waals surface area contributed by atoms with Crippen molar-refractivity contribution >= 4 is 21.6 Å². The number of hydrogen-bond donors (Lipinski definition) is 1. The highest BCUT2D eigenvalue weighted by Gasteiger charge is 1.96. The molecule has 94 valence electrons. The van der Waals surface area contributed by atoms with E-state index >= 15 is 0 Å². The first-order valence-electron chi connectivity index (χ1n) is 5.84. The minimum Gasteiger partial charge on any atom is -0.381 e. The van der Waals surface area contributed by atoms with Crippen LogP contribution in [0.2, 0.25) is 0 Å². The molecule has 1 N–H and O–H groups in total. The molecule has 0 unspecified atom stereocenters. The quantitative estimate of drug-likeness (QED) is 0.893. The summed E-state index contributed by atoms with van der Waals surface area (Å²) in [5, 5.41) is 3.41. The molecule has 0 saturated carbocycles. The molecule has 0 amide bonds. The maximum Gasteiger partial charge on any atom is 0.0713 e. The van der Waals surface area contributed by atoms with Crippen molar-refractivity contribution in [1.29, 1.82) is 0 Å². The Bertz CT molecular complexity index is 496. The zero-order valence-electron chi connectivity index (χ0n) is 10.3. The van der Waals surface area contributed by atoms with Crippen LogP contribution in [-0.2, 0) is 17.9 Å². The molecule has 3 heteroatoms. The SMILES string of the molecule is COCc1cccc(NCc2ccc(Br)cc2)c1. The normalized spacial score (nSPS) is 10.3. The van der Waals surface area contributed by atoms with Crippen LogP contribution in [0.1, 0.15) is 11.1 Å². The molecule has 0 radical (unpaired) electrons. The van der Waals surface area contributed by atoms with Gasteiger partial charge in [-0.15, -0.1) is 0 Å². The van der Waals surface area contributed by atoms with Crippen molar-refractivity contribution in [3.05, 3.63) is 64.1 Å². The minimum atomic E-state index is 0.647. The molecule has 0 aromatic heterocycles. The Kier molecular flexibility index (Phi) is 4.79. The second kappa shape index (κ2) is 6.57. The van der Waals surface area contributed by atoms with Crippen molar-refractivity contribution in [2.24, 2.45) is 0 Å². The van der Waals surface area contributed by atoms with E-state index in [1.54, 1.807) is 7.11 Å². The van der Waals surface area contributed by atoms with Crippen LogP contribution in [0, 0.1) is 0 Å². The molecule has 0 aliphatic rings. The summed E-state index contributed by atoms with van der Waals surface area (Å²) in [5.74, 6) is 0. The average molecular weight is 306 g/mol. The fourth-order valence-corrected chi connectivity index (χ4v) is 2.01. The number of rotatable bonds is 5. The average Bonchev–Trinajstić information content (AvgIpc) is 2.39. The van der Waals surface area contributed by atoms with E-state index in [9.17, 15) is 0 Å². The van der Waals surface area contributed by atoms with Gasteiger partial charge in [0.15, 0.2) is 0 Å². The maximum absolute atomic E-state index is 5.13. The lowest BCUT2D eigenvalue weighted by atomic mass is 10.2. The smallest absolute Gasteiger partial charge is 0.0713 e. The summed E-state index contributed by atoms with van der Waals surface area (Å²) in [6.07, 6.45) is 0. The van der Waals surface area contributed by atoms with E-state index in [0.29, 0.717) is 6.61 Å². The molecule has 0 aliphatic carbocycles. The molecule has 18 heavy (non-hydrogen) atoms. The van der Waals surface area contributed by atoms with Crippen molar-refractivity contribution in [1.82, 2.24) is 0 Å². The molecule has 0 fully saturated rings. The summed E-state index contributed by atoms with van der Waals surface area (Å²) in [6.45, 7) is 1.47. The van der Waals surface area contributed by atoms with Crippen molar-refractivity contribution in [3.63, 3.8) is 0 Å². The van der Waals surface area contributed by atoms with Crippen LogP contribution in [0.25, 0.3) is 0 Å². The highest BCUT2D eigenvalue weighted by atomic mass is 79.9. The van der Waals surface area contributed by atoms with E-state index in [0.717, 1.165) is 16.7 Å². The molecule has 0 spiro atoms. The minimum absolute atomic E-state index is 0.647. The maximum atomic E-state index is 5.13. The molecule has 0 saturated heterocycles. The van der Waals surface area contributed by atoms with Crippen LogP contribution in [0.15, 0.2) is 53.0 Å². The number of anilines is 1. The third-order valence-electron chi connectivity index (χ3n) is 2.65. The number of nitrogens with one attached hydrogen (secondary N) is 1. The first-order chi connectivity index (χ1) is 8.78. The Hall–Kier alpha value is -1.32. The van der Waals surface area contributed by atoms with Gasteiger partial charge >= 0.3 is 0 Å². The molecule has 0 atom stereocenters. The summed E-state index contributed by atoms with van der Waals surface area (Å²) < 4.78 is 6.23. The first kappa shape index (κ1) is 13.1. The number of hydrogen-bond acceptors (Lipinski definition) is 2. The molecule has 2 aromatic carbocycles. The van der Waals surface area contributed by atoms with E-state index in [1.165, 1.54) is 11.1 Å². The second-order valence-electron chi connectivity index (χ2n) is 4.11. The van der Waals surface area contributed by atoms with Crippen LogP contribution in [0.4, 0.5) is 5.69 Å². The van der Waals surface area contributed by atoms with E-state index in [-0.39, 0.29) is 0 Å². The van der Waals surface area contributed by atoms with Gasteiger partial charge in [0.25, 0.3) is 0 Å². The fraction of sp³-hybridized carbons (Fsp3) is 0.200. The highest BCUT2D eigenvalue weighted by molar-refractivity contribution is 9.10. The molecular formula is C15H16BrNO. The van der Waals surface area contributed by atoms with Crippen LogP contribution < -0.4 is 5.32 Å². The molecule has 2 rings (SSSR count). The lowest BCUT2D eigenvalue weighted by Gasteiger charge is -2.08. The largest absolute Gasteiger partial charge is 0.381 e. The lowest BCUT2D eigenvalue weighted by molar-refractivity contribution is 0.185. The van der Waals surface area contributed by atoms with Crippen molar-refractivity contribution in [3.8, 4) is 0 Å². The zero-order valence-corrected chi connectivity index (χ0v) is 11.9. The fourth-order valence-electron chi connectivity index (χ4n) is 1.74. The number of benzene rings is 2. The van der Waals surface area contributed by atoms with E-state index in [2.05, 4.69) is 63.7 Å². The van der Waals surface area contributed by atoms with Crippen LogP contribution in [0.3, 0.4) is 0 Å². The second-order valence-corrected chi connectivity index (χ2v) is 5.03. The topological polar surface area (TPSA) is 21.3 Å². The Morgan fingerprint density at radius 2 is 1.83 bits per heavy atom. The van der Waals surface area contributed by atoms with Crippen molar-refractivity contribution < 1.29 is 4.74 Å². The molecule has 0 heterocycles. The Labute approximate surface area is 116 Å². The van der Waals surface area contributed by atoms with Gasteiger partial charge in [0.05, 0.1) is 6.61 Å². The molecule has 2 aromatic rings. The van der Waals surface area contributed by atoms with Gasteiger partial charge in [0, 0.05) is 23.8 Å². The number of ether oxygens (including phenoxy) is 1. The van der Waals surface area contributed by atoms with Crippen LogP contribution >= 0.6 is 15.9 Å². The summed E-state index contributed by atoms with van der Waals surface area (Å²) in [6, 6.07) is 16.6. The summed E-state index contributed by atoms with van der Waals surface area (Å²) in [4.78, 5) is 0. The Morgan fingerprint density at radius 1 is 1.06 bits per heavy atom. The molecular weight excluding hydrogens is 290 g/mol. The highest BCUT2D eigenvalue weighted by Crippen LogP contribution is 2.14. The van der Waals surface area contributed by atoms with Gasteiger partial charge in [-0.2, -0.15) is 0 Å². The summed E-state index contributed by atoms with van der Waals surface area (Å²) in [7, 11) is 1.71. The number of methoxy groups -OCH3 is 1. The van der Waals surface area contributed by atoms with Gasteiger partial charge in [-0.3, -0.25) is 0 Å². The van der Waals surface area contributed by atoms with E-state index in [1.807, 2.05) is 6.07 Å². The monoisotopic (exact) mass is 305 g/mol. The lowest BCUT2D eigenvalue weighted by Crippen LogP contribution is -1.99. The Morgan fingerprint density at radius 3 is 2.56 bits per heavy atom. The zero-order chi connectivity index (χ0) is 12.8. The van der Waals surface area contributed by atoms with Crippen molar-refractivity contribution in [2.45, 2.75) is 13.2 Å². The first-order valence-corrected chi connectivity index (χ1v) is 6.63. The molecule has 0 bridgehead atoms. The molecule has 2 nitrogen and oxygen atoms in total. The summed E-state index contributed by atoms with van der Waals surface area (Å²) >= 11 is 3.43. The standard InChI is InChI=1S/C15H16BrNO/c1-18-11-13-3-2-4-15(9-13)17-10-12-5-7-14(16)8-6-12/h2-9,17H,10-11H2,1H3. The predicted octanol–water partition coefficient (Wildman–Crippen LogP) is 4.21. The number of halogens is 1. The van der Waals surface area contributed by atoms with Gasteiger partial charge in [-0.25, -0.2) is 0 Å². The third kappa shape index (κ3) is 3.86. The van der Waals surface area contributed by atoms with Gasteiger partial charge in [-0.05, 0) is 35.4 Å². The van der Waals surface area contributed by atoms with Crippen LogP contribution in [-0.4, -0.2) is 7.11 Å².